The minimum Gasteiger partial charge on any atom is -0.420 e. The van der Waals surface area contributed by atoms with Gasteiger partial charge in [-0.2, -0.15) is 0 Å². The zero-order valence-electron chi connectivity index (χ0n) is 19.3. The van der Waals surface area contributed by atoms with Crippen LogP contribution in [0.2, 0.25) is 0 Å². The predicted octanol–water partition coefficient (Wildman–Crippen LogP) is 6.01. The van der Waals surface area contributed by atoms with Crippen LogP contribution in [0.5, 0.6) is 0 Å². The van der Waals surface area contributed by atoms with E-state index in [0.717, 1.165) is 23.9 Å². The molecule has 0 amide bonds. The molecule has 1 saturated carbocycles. The Balaban J connectivity index is 1.37. The van der Waals surface area contributed by atoms with Crippen LogP contribution in [0.1, 0.15) is 44.1 Å². The van der Waals surface area contributed by atoms with Crippen LogP contribution >= 0.6 is 11.8 Å². The Bertz CT molecular complexity index is 867. The molecule has 2 aromatic rings. The summed E-state index contributed by atoms with van der Waals surface area (Å²) in [5, 5.41) is 8.37. The van der Waals surface area contributed by atoms with Crippen LogP contribution < -0.4 is 0 Å². The maximum absolute atomic E-state index is 5.82. The van der Waals surface area contributed by atoms with E-state index >= 15 is 0 Å². The fourth-order valence-corrected chi connectivity index (χ4v) is 4.36. The molecule has 0 saturated heterocycles. The SMILES string of the molecule is C/C=C\C=C/COCCSCc1nnc(-c2ccc(/C=C/CN(C)C3CCCC3)cc2)o1. The Morgan fingerprint density at radius 3 is 2.72 bits per heavy atom. The van der Waals surface area contributed by atoms with Crippen molar-refractivity contribution in [1.82, 2.24) is 15.1 Å². The van der Waals surface area contributed by atoms with Gasteiger partial charge >= 0.3 is 0 Å². The van der Waals surface area contributed by atoms with Gasteiger partial charge in [0, 0.05) is 23.9 Å². The second-order valence-electron chi connectivity index (χ2n) is 7.98. The highest BCUT2D eigenvalue weighted by atomic mass is 32.2. The molecule has 32 heavy (non-hydrogen) atoms. The number of ether oxygens (including phenoxy) is 1. The van der Waals surface area contributed by atoms with Crippen LogP contribution in [0.25, 0.3) is 17.5 Å². The van der Waals surface area contributed by atoms with E-state index in [-0.39, 0.29) is 0 Å². The number of aromatic nitrogens is 2. The van der Waals surface area contributed by atoms with Crippen LogP contribution in [0.4, 0.5) is 0 Å². The number of hydrogen-bond acceptors (Lipinski definition) is 6. The van der Waals surface area contributed by atoms with Crippen molar-refractivity contribution in [2.24, 2.45) is 0 Å². The van der Waals surface area contributed by atoms with E-state index < -0.39 is 0 Å². The zero-order chi connectivity index (χ0) is 22.4. The zero-order valence-corrected chi connectivity index (χ0v) is 20.1. The van der Waals surface area contributed by atoms with E-state index in [1.807, 2.05) is 43.4 Å². The molecule has 6 heteroatoms. The molecule has 0 aliphatic heterocycles. The molecule has 1 aromatic carbocycles. The molecule has 0 N–H and O–H groups in total. The van der Waals surface area contributed by atoms with Crippen molar-refractivity contribution in [3.05, 3.63) is 66.1 Å². The van der Waals surface area contributed by atoms with E-state index in [1.165, 1.54) is 31.2 Å². The summed E-state index contributed by atoms with van der Waals surface area (Å²) in [6, 6.07) is 9.04. The third kappa shape index (κ3) is 8.41. The van der Waals surface area contributed by atoms with Crippen molar-refractivity contribution < 1.29 is 9.15 Å². The largest absolute Gasteiger partial charge is 0.420 e. The van der Waals surface area contributed by atoms with Gasteiger partial charge in [-0.25, -0.2) is 0 Å². The number of nitrogens with zero attached hydrogens (tertiary/aromatic N) is 3. The quantitative estimate of drug-likeness (QED) is 0.274. The summed E-state index contributed by atoms with van der Waals surface area (Å²) >= 11 is 1.73. The highest BCUT2D eigenvalue weighted by Crippen LogP contribution is 2.23. The average Bonchev–Trinajstić information content (AvgIpc) is 3.51. The summed E-state index contributed by atoms with van der Waals surface area (Å²) in [6.07, 6.45) is 17.8. The van der Waals surface area contributed by atoms with E-state index in [0.29, 0.717) is 30.7 Å². The van der Waals surface area contributed by atoms with Crippen molar-refractivity contribution >= 4 is 17.8 Å². The summed E-state index contributed by atoms with van der Waals surface area (Å²) < 4.78 is 11.4. The van der Waals surface area contributed by atoms with Crippen LogP contribution in [-0.4, -0.2) is 53.7 Å². The summed E-state index contributed by atoms with van der Waals surface area (Å²) in [7, 11) is 2.23. The van der Waals surface area contributed by atoms with Gasteiger partial charge in [-0.15, -0.1) is 22.0 Å². The first-order valence-corrected chi connectivity index (χ1v) is 12.6. The first-order valence-electron chi connectivity index (χ1n) is 11.5. The number of allylic oxidation sites excluding steroid dienone is 3. The number of benzene rings is 1. The molecular formula is C26H35N3O2S. The van der Waals surface area contributed by atoms with E-state index in [2.05, 4.69) is 46.4 Å². The Kier molecular flexibility index (Phi) is 10.8. The van der Waals surface area contributed by atoms with Crippen molar-refractivity contribution in [3.63, 3.8) is 0 Å². The Labute approximate surface area is 196 Å². The van der Waals surface area contributed by atoms with Crippen molar-refractivity contribution in [1.29, 1.82) is 0 Å². The lowest BCUT2D eigenvalue weighted by Gasteiger charge is -2.22. The van der Waals surface area contributed by atoms with Crippen molar-refractivity contribution in [2.75, 3.05) is 32.6 Å². The van der Waals surface area contributed by atoms with Crippen LogP contribution in [0, 0.1) is 0 Å². The Morgan fingerprint density at radius 1 is 1.12 bits per heavy atom. The molecule has 1 aliphatic carbocycles. The van der Waals surface area contributed by atoms with Gasteiger partial charge < -0.3 is 9.15 Å². The van der Waals surface area contributed by atoms with Gasteiger partial charge in [0.1, 0.15) is 0 Å². The fourth-order valence-electron chi connectivity index (χ4n) is 3.69. The lowest BCUT2D eigenvalue weighted by Crippen LogP contribution is -2.29. The first-order chi connectivity index (χ1) is 15.8. The Morgan fingerprint density at radius 2 is 1.94 bits per heavy atom. The lowest BCUT2D eigenvalue weighted by atomic mass is 10.1. The second kappa shape index (κ2) is 14.1. The van der Waals surface area contributed by atoms with Gasteiger partial charge in [0.05, 0.1) is 19.0 Å². The molecular weight excluding hydrogens is 418 g/mol. The molecule has 0 spiro atoms. The molecule has 0 radical (unpaired) electrons. The van der Waals surface area contributed by atoms with E-state index in [4.69, 9.17) is 9.15 Å². The summed E-state index contributed by atoms with van der Waals surface area (Å²) in [4.78, 5) is 2.46. The summed E-state index contributed by atoms with van der Waals surface area (Å²) in [6.45, 7) is 4.33. The average molecular weight is 454 g/mol. The summed E-state index contributed by atoms with van der Waals surface area (Å²) in [5.41, 5.74) is 2.13. The molecule has 0 unspecified atom stereocenters. The Hall–Kier alpha value is -2.15. The molecule has 172 valence electrons. The first kappa shape index (κ1) is 24.5. The topological polar surface area (TPSA) is 51.4 Å². The summed E-state index contributed by atoms with van der Waals surface area (Å²) in [5.74, 6) is 2.81. The molecule has 3 rings (SSSR count). The van der Waals surface area contributed by atoms with E-state index in [1.54, 1.807) is 11.8 Å². The number of hydrogen-bond donors (Lipinski definition) is 0. The lowest BCUT2D eigenvalue weighted by molar-refractivity contribution is 0.180. The third-order valence-corrected chi connectivity index (χ3v) is 6.43. The smallest absolute Gasteiger partial charge is 0.247 e. The van der Waals surface area contributed by atoms with Gasteiger partial charge in [-0.3, -0.25) is 4.90 Å². The van der Waals surface area contributed by atoms with Crippen LogP contribution in [0.3, 0.4) is 0 Å². The normalized spacial score (nSPS) is 15.3. The van der Waals surface area contributed by atoms with Crippen LogP contribution in [-0.2, 0) is 10.5 Å². The molecule has 5 nitrogen and oxygen atoms in total. The number of thioether (sulfide) groups is 1. The molecule has 1 aliphatic rings. The van der Waals surface area contributed by atoms with Gasteiger partial charge in [-0.1, -0.05) is 61.4 Å². The fraction of sp³-hybridized carbons (Fsp3) is 0.462. The minimum absolute atomic E-state index is 0.572. The van der Waals surface area contributed by atoms with Gasteiger partial charge in [0.15, 0.2) is 0 Å². The maximum Gasteiger partial charge on any atom is 0.247 e. The second-order valence-corrected chi connectivity index (χ2v) is 9.09. The molecule has 1 fully saturated rings. The van der Waals surface area contributed by atoms with Crippen LogP contribution in [0.15, 0.2) is 59.1 Å². The highest BCUT2D eigenvalue weighted by Gasteiger charge is 2.18. The highest BCUT2D eigenvalue weighted by molar-refractivity contribution is 7.98. The number of rotatable bonds is 13. The maximum atomic E-state index is 5.82. The van der Waals surface area contributed by atoms with Gasteiger partial charge in [0.2, 0.25) is 11.8 Å². The standard InChI is InChI=1S/C26H35N3O2S/c1-3-4-5-8-18-30-19-20-32-21-25-27-28-26(31-25)23-15-13-22(14-16-23)10-9-17-29(2)24-11-6-7-12-24/h3-5,8-10,13-16,24H,6-7,11-12,17-21H2,1-2H3/b4-3-,8-5-,10-9+. The number of likely N-dealkylation sites (N-methyl/N-ethyl adjacent to an activating group) is 1. The third-order valence-electron chi connectivity index (χ3n) is 5.53. The van der Waals surface area contributed by atoms with E-state index in [9.17, 15) is 0 Å². The van der Waals surface area contributed by atoms with Gasteiger partial charge in [0.25, 0.3) is 0 Å². The monoisotopic (exact) mass is 453 g/mol. The van der Waals surface area contributed by atoms with Crippen molar-refractivity contribution in [3.8, 4) is 11.5 Å². The van der Waals surface area contributed by atoms with Gasteiger partial charge in [-0.05, 0) is 44.5 Å². The van der Waals surface area contributed by atoms with Crippen molar-refractivity contribution in [2.45, 2.75) is 44.4 Å². The molecule has 1 heterocycles. The molecule has 0 atom stereocenters. The molecule has 0 bridgehead atoms. The molecule has 1 aromatic heterocycles. The predicted molar refractivity (Wildman–Crippen MR) is 135 cm³/mol. The minimum atomic E-state index is 0.572.